The van der Waals surface area contributed by atoms with E-state index >= 15 is 0 Å². The van der Waals surface area contributed by atoms with Crippen molar-refractivity contribution in [2.75, 3.05) is 16.4 Å². The molecule has 0 radical (unpaired) electrons. The predicted molar refractivity (Wildman–Crippen MR) is 110 cm³/mol. The van der Waals surface area contributed by atoms with Crippen LogP contribution in [-0.4, -0.2) is 35.4 Å². The minimum Gasteiger partial charge on any atom is -0.449 e. The maximum absolute atomic E-state index is 12.5. The molecule has 1 heterocycles. The van der Waals surface area contributed by atoms with Crippen molar-refractivity contribution in [1.29, 1.82) is 0 Å². The summed E-state index contributed by atoms with van der Waals surface area (Å²) in [4.78, 5) is 49.2. The number of esters is 1. The Bertz CT molecular complexity index is 989. The summed E-state index contributed by atoms with van der Waals surface area (Å²) in [5, 5.41) is 5.38. The number of hydrogen-bond acceptors (Lipinski definition) is 6. The van der Waals surface area contributed by atoms with E-state index in [1.54, 1.807) is 42.5 Å². The topological polar surface area (TPSA) is 102 Å². The van der Waals surface area contributed by atoms with Crippen LogP contribution in [0.15, 0.2) is 47.4 Å². The Morgan fingerprint density at radius 1 is 1.17 bits per heavy atom. The predicted octanol–water partition coefficient (Wildman–Crippen LogP) is 3.51. The van der Waals surface area contributed by atoms with E-state index in [1.807, 2.05) is 0 Å². The van der Waals surface area contributed by atoms with Crippen molar-refractivity contribution in [3.8, 4) is 0 Å². The van der Waals surface area contributed by atoms with E-state index in [4.69, 9.17) is 4.74 Å². The fourth-order valence-corrected chi connectivity index (χ4v) is 3.70. The van der Waals surface area contributed by atoms with Crippen molar-refractivity contribution in [3.05, 3.63) is 53.6 Å². The number of benzene rings is 2. The Balaban J connectivity index is 1.68. The number of ether oxygens (including phenoxy) is 1. The van der Waals surface area contributed by atoms with Crippen LogP contribution in [0.25, 0.3) is 0 Å². The molecule has 0 aliphatic carbocycles. The fraction of sp³-hybridized carbons (Fsp3) is 0.238. The molecular weight excluding hydrogens is 392 g/mol. The zero-order valence-corrected chi connectivity index (χ0v) is 16.8. The molecule has 1 atom stereocenters. The molecule has 2 amide bonds. The minimum atomic E-state index is -1.08. The number of hydrogen-bond donors (Lipinski definition) is 2. The standard InChI is InChI=1S/C21H20N2O5S/c1-12(24)15-5-3-4-6-16(15)23-20(26)13(2)28-21(27)14-7-8-18-17(11-14)22-19(25)9-10-29-18/h3-8,11,13H,9-10H2,1-2H3,(H,22,25)(H,23,26)/t13-/m1/s1. The molecule has 0 unspecified atom stereocenters. The van der Waals surface area contributed by atoms with Gasteiger partial charge in [-0.05, 0) is 44.2 Å². The Morgan fingerprint density at radius 2 is 1.93 bits per heavy atom. The van der Waals surface area contributed by atoms with Crippen LogP contribution >= 0.6 is 11.8 Å². The number of para-hydroxylation sites is 1. The molecule has 2 aromatic carbocycles. The van der Waals surface area contributed by atoms with Crippen LogP contribution in [0, 0.1) is 0 Å². The number of thioether (sulfide) groups is 1. The second kappa shape index (κ2) is 8.91. The van der Waals surface area contributed by atoms with E-state index in [-0.39, 0.29) is 17.3 Å². The van der Waals surface area contributed by atoms with E-state index in [2.05, 4.69) is 10.6 Å². The largest absolute Gasteiger partial charge is 0.449 e. The van der Waals surface area contributed by atoms with E-state index in [0.717, 1.165) is 4.90 Å². The van der Waals surface area contributed by atoms with Gasteiger partial charge in [0.1, 0.15) is 0 Å². The molecule has 3 rings (SSSR count). The normalized spacial score (nSPS) is 14.1. The van der Waals surface area contributed by atoms with Crippen LogP contribution in [-0.2, 0) is 14.3 Å². The second-order valence-corrected chi connectivity index (χ2v) is 7.63. The number of anilines is 2. The SMILES string of the molecule is CC(=O)c1ccccc1NC(=O)[C@@H](C)OC(=O)c1ccc2c(c1)NC(=O)CCS2. The van der Waals surface area contributed by atoms with Crippen LogP contribution < -0.4 is 10.6 Å². The van der Waals surface area contributed by atoms with Gasteiger partial charge in [0.15, 0.2) is 11.9 Å². The molecule has 7 nitrogen and oxygen atoms in total. The minimum absolute atomic E-state index is 0.112. The number of nitrogens with one attached hydrogen (secondary N) is 2. The molecule has 0 bridgehead atoms. The number of carbonyl (C=O) groups excluding carboxylic acids is 4. The Morgan fingerprint density at radius 3 is 2.69 bits per heavy atom. The zero-order valence-electron chi connectivity index (χ0n) is 16.0. The smallest absolute Gasteiger partial charge is 0.338 e. The average Bonchev–Trinajstić information content (AvgIpc) is 2.87. The Kier molecular flexibility index (Phi) is 6.33. The molecule has 0 saturated carbocycles. The number of amides is 2. The molecule has 150 valence electrons. The van der Waals surface area contributed by atoms with E-state index < -0.39 is 18.0 Å². The lowest BCUT2D eigenvalue weighted by Gasteiger charge is -2.15. The highest BCUT2D eigenvalue weighted by Crippen LogP contribution is 2.31. The van der Waals surface area contributed by atoms with Gasteiger partial charge in [-0.15, -0.1) is 11.8 Å². The molecule has 29 heavy (non-hydrogen) atoms. The van der Waals surface area contributed by atoms with Gasteiger partial charge in [0, 0.05) is 22.6 Å². The lowest BCUT2D eigenvalue weighted by atomic mass is 10.1. The van der Waals surface area contributed by atoms with Gasteiger partial charge < -0.3 is 15.4 Å². The average molecular weight is 412 g/mol. The van der Waals surface area contributed by atoms with Crippen molar-refractivity contribution in [2.24, 2.45) is 0 Å². The summed E-state index contributed by atoms with van der Waals surface area (Å²) in [6, 6.07) is 11.5. The zero-order chi connectivity index (χ0) is 21.0. The first-order valence-electron chi connectivity index (χ1n) is 9.03. The third-order valence-corrected chi connectivity index (χ3v) is 5.37. The van der Waals surface area contributed by atoms with Gasteiger partial charge in [0.25, 0.3) is 5.91 Å². The monoisotopic (exact) mass is 412 g/mol. The summed E-state index contributed by atoms with van der Waals surface area (Å²) < 4.78 is 5.26. The van der Waals surface area contributed by atoms with Gasteiger partial charge in [-0.1, -0.05) is 12.1 Å². The van der Waals surface area contributed by atoms with Gasteiger partial charge in [-0.2, -0.15) is 0 Å². The first kappa shape index (κ1) is 20.6. The van der Waals surface area contributed by atoms with Gasteiger partial charge >= 0.3 is 5.97 Å². The molecule has 0 spiro atoms. The molecule has 8 heteroatoms. The molecule has 0 fully saturated rings. The Hall–Kier alpha value is -3.13. The number of rotatable bonds is 5. The lowest BCUT2D eigenvalue weighted by molar-refractivity contribution is -0.123. The van der Waals surface area contributed by atoms with Crippen molar-refractivity contribution in [1.82, 2.24) is 0 Å². The van der Waals surface area contributed by atoms with E-state index in [0.29, 0.717) is 29.1 Å². The van der Waals surface area contributed by atoms with Crippen molar-refractivity contribution in [2.45, 2.75) is 31.3 Å². The molecule has 2 aromatic rings. The molecule has 2 N–H and O–H groups in total. The molecule has 1 aliphatic rings. The van der Waals surface area contributed by atoms with Crippen LogP contribution in [0.3, 0.4) is 0 Å². The summed E-state index contributed by atoms with van der Waals surface area (Å²) >= 11 is 1.53. The summed E-state index contributed by atoms with van der Waals surface area (Å²) in [6.45, 7) is 2.86. The first-order chi connectivity index (χ1) is 13.8. The highest BCUT2D eigenvalue weighted by molar-refractivity contribution is 7.99. The fourth-order valence-electron chi connectivity index (χ4n) is 2.76. The summed E-state index contributed by atoms with van der Waals surface area (Å²) in [5.74, 6) is -0.861. The highest BCUT2D eigenvalue weighted by Gasteiger charge is 2.22. The van der Waals surface area contributed by atoms with Crippen LogP contribution in [0.5, 0.6) is 0 Å². The summed E-state index contributed by atoms with van der Waals surface area (Å²) in [5.41, 5.74) is 1.52. The van der Waals surface area contributed by atoms with Crippen LogP contribution in [0.4, 0.5) is 11.4 Å². The van der Waals surface area contributed by atoms with Gasteiger partial charge in [-0.3, -0.25) is 14.4 Å². The van der Waals surface area contributed by atoms with Gasteiger partial charge in [0.2, 0.25) is 5.91 Å². The second-order valence-electron chi connectivity index (χ2n) is 6.50. The maximum Gasteiger partial charge on any atom is 0.338 e. The quantitative estimate of drug-likeness (QED) is 0.576. The van der Waals surface area contributed by atoms with E-state index in [1.165, 1.54) is 25.6 Å². The number of Topliss-reactive ketones (excluding diaryl/α,β-unsaturated/α-hetero) is 1. The first-order valence-corrected chi connectivity index (χ1v) is 10.0. The van der Waals surface area contributed by atoms with Crippen molar-refractivity contribution >= 4 is 46.7 Å². The highest BCUT2D eigenvalue weighted by atomic mass is 32.2. The van der Waals surface area contributed by atoms with E-state index in [9.17, 15) is 19.2 Å². The number of fused-ring (bicyclic) bond motifs is 1. The van der Waals surface area contributed by atoms with Crippen LogP contribution in [0.1, 0.15) is 41.0 Å². The number of carbonyl (C=O) groups is 4. The third kappa shape index (κ3) is 5.03. The van der Waals surface area contributed by atoms with Gasteiger partial charge in [0.05, 0.1) is 16.9 Å². The van der Waals surface area contributed by atoms with Crippen molar-refractivity contribution in [3.63, 3.8) is 0 Å². The summed E-state index contributed by atoms with van der Waals surface area (Å²) in [6.07, 6.45) is -0.678. The molecule has 0 aromatic heterocycles. The van der Waals surface area contributed by atoms with Crippen LogP contribution in [0.2, 0.25) is 0 Å². The third-order valence-electron chi connectivity index (χ3n) is 4.29. The molecule has 1 aliphatic heterocycles. The maximum atomic E-state index is 12.5. The molecule has 0 saturated heterocycles. The van der Waals surface area contributed by atoms with Gasteiger partial charge in [-0.25, -0.2) is 4.79 Å². The number of ketones is 1. The molecular formula is C21H20N2O5S. The summed E-state index contributed by atoms with van der Waals surface area (Å²) in [7, 11) is 0. The van der Waals surface area contributed by atoms with Crippen molar-refractivity contribution < 1.29 is 23.9 Å². The Labute approximate surface area is 172 Å². The lowest BCUT2D eigenvalue weighted by Crippen LogP contribution is -2.30.